The van der Waals surface area contributed by atoms with Crippen LogP contribution >= 0.6 is 0 Å². The van der Waals surface area contributed by atoms with Crippen LogP contribution in [0.4, 0.5) is 4.39 Å². The van der Waals surface area contributed by atoms with E-state index in [0.29, 0.717) is 11.5 Å². The monoisotopic (exact) mass is 252 g/mol. The van der Waals surface area contributed by atoms with Gasteiger partial charge in [-0.15, -0.1) is 0 Å². The van der Waals surface area contributed by atoms with E-state index in [1.807, 2.05) is 12.1 Å². The fourth-order valence-corrected chi connectivity index (χ4v) is 1.90. The first-order valence-electron chi connectivity index (χ1n) is 6.59. The van der Waals surface area contributed by atoms with Gasteiger partial charge in [-0.25, -0.2) is 4.39 Å². The van der Waals surface area contributed by atoms with Crippen molar-refractivity contribution in [1.82, 2.24) is 4.90 Å². The summed E-state index contributed by atoms with van der Waals surface area (Å²) in [4.78, 5) is 2.23. The maximum atomic E-state index is 13.1. The molecule has 0 radical (unpaired) electrons. The van der Waals surface area contributed by atoms with E-state index in [-0.39, 0.29) is 11.9 Å². The average Bonchev–Trinajstić information content (AvgIpc) is 2.30. The summed E-state index contributed by atoms with van der Waals surface area (Å²) in [6.45, 7) is 7.90. The van der Waals surface area contributed by atoms with Gasteiger partial charge in [0.2, 0.25) is 0 Å². The van der Waals surface area contributed by atoms with Crippen LogP contribution in [0.15, 0.2) is 18.2 Å². The summed E-state index contributed by atoms with van der Waals surface area (Å²) in [5, 5.41) is 0. The third-order valence-corrected chi connectivity index (χ3v) is 3.38. The Morgan fingerprint density at radius 2 is 2.00 bits per heavy atom. The molecule has 0 aliphatic rings. The summed E-state index contributed by atoms with van der Waals surface area (Å²) in [7, 11) is 2.08. The van der Waals surface area contributed by atoms with Gasteiger partial charge in [0.25, 0.3) is 0 Å². The maximum absolute atomic E-state index is 13.1. The van der Waals surface area contributed by atoms with Crippen LogP contribution in [0.3, 0.4) is 0 Å². The predicted octanol–water partition coefficient (Wildman–Crippen LogP) is 2.94. The molecule has 0 aromatic heterocycles. The third-order valence-electron chi connectivity index (χ3n) is 3.38. The second kappa shape index (κ2) is 6.86. The van der Waals surface area contributed by atoms with Crippen molar-refractivity contribution >= 4 is 0 Å². The minimum absolute atomic E-state index is 0.136. The first-order chi connectivity index (χ1) is 8.40. The van der Waals surface area contributed by atoms with E-state index < -0.39 is 0 Å². The standard InChI is InChI=1S/C15H25FN2/c1-11(2)15(17)7-8-18(4)10-13-5-6-14(16)12(3)9-13/h5-6,9,11,15H,7-8,10,17H2,1-4H3. The molecular weight excluding hydrogens is 227 g/mol. The molecule has 0 heterocycles. The van der Waals surface area contributed by atoms with Crippen LogP contribution in [-0.2, 0) is 6.54 Å². The summed E-state index contributed by atoms with van der Waals surface area (Å²) in [6.07, 6.45) is 0.994. The zero-order valence-corrected chi connectivity index (χ0v) is 11.9. The van der Waals surface area contributed by atoms with Crippen molar-refractivity contribution in [2.45, 2.75) is 39.8 Å². The number of benzene rings is 1. The molecule has 2 N–H and O–H groups in total. The number of hydrogen-bond donors (Lipinski definition) is 1. The molecule has 0 aliphatic carbocycles. The molecule has 0 saturated heterocycles. The Bertz CT molecular complexity index is 377. The van der Waals surface area contributed by atoms with E-state index in [0.717, 1.165) is 25.1 Å². The Kier molecular flexibility index (Phi) is 5.76. The summed E-state index contributed by atoms with van der Waals surface area (Å²) in [6, 6.07) is 5.55. The Labute approximate surface area is 110 Å². The zero-order valence-electron chi connectivity index (χ0n) is 11.9. The van der Waals surface area contributed by atoms with Crippen LogP contribution < -0.4 is 5.73 Å². The van der Waals surface area contributed by atoms with Gasteiger partial charge in [0.15, 0.2) is 0 Å². The summed E-state index contributed by atoms with van der Waals surface area (Å²) >= 11 is 0. The summed E-state index contributed by atoms with van der Waals surface area (Å²) < 4.78 is 13.1. The van der Waals surface area contributed by atoms with Crippen molar-refractivity contribution in [3.05, 3.63) is 35.1 Å². The number of halogens is 1. The summed E-state index contributed by atoms with van der Waals surface area (Å²) in [5.74, 6) is 0.384. The molecule has 0 saturated carbocycles. The lowest BCUT2D eigenvalue weighted by molar-refractivity contribution is 0.296. The normalized spacial score (nSPS) is 13.3. The lowest BCUT2D eigenvalue weighted by Gasteiger charge is -2.21. The number of nitrogens with two attached hydrogens (primary N) is 1. The highest BCUT2D eigenvalue weighted by Gasteiger charge is 2.09. The second-order valence-corrected chi connectivity index (χ2v) is 5.52. The van der Waals surface area contributed by atoms with Crippen molar-refractivity contribution in [3.63, 3.8) is 0 Å². The molecule has 1 aromatic carbocycles. The van der Waals surface area contributed by atoms with E-state index in [1.54, 1.807) is 13.0 Å². The Morgan fingerprint density at radius 3 is 2.56 bits per heavy atom. The first-order valence-corrected chi connectivity index (χ1v) is 6.59. The van der Waals surface area contributed by atoms with Crippen LogP contribution in [0.1, 0.15) is 31.4 Å². The highest BCUT2D eigenvalue weighted by Crippen LogP contribution is 2.11. The molecule has 0 fully saturated rings. The lowest BCUT2D eigenvalue weighted by atomic mass is 10.0. The fourth-order valence-electron chi connectivity index (χ4n) is 1.90. The first kappa shape index (κ1) is 15.1. The Balaban J connectivity index is 2.44. The van der Waals surface area contributed by atoms with Gasteiger partial charge in [0.1, 0.15) is 5.82 Å². The van der Waals surface area contributed by atoms with Crippen molar-refractivity contribution in [2.24, 2.45) is 11.7 Å². The van der Waals surface area contributed by atoms with E-state index in [4.69, 9.17) is 5.73 Å². The highest BCUT2D eigenvalue weighted by molar-refractivity contribution is 5.23. The van der Waals surface area contributed by atoms with Gasteiger partial charge in [-0.05, 0) is 50.0 Å². The van der Waals surface area contributed by atoms with Crippen molar-refractivity contribution in [3.8, 4) is 0 Å². The van der Waals surface area contributed by atoms with Crippen LogP contribution in [0.5, 0.6) is 0 Å². The average molecular weight is 252 g/mol. The largest absolute Gasteiger partial charge is 0.327 e. The van der Waals surface area contributed by atoms with Gasteiger partial charge in [0, 0.05) is 12.6 Å². The number of hydrogen-bond acceptors (Lipinski definition) is 2. The van der Waals surface area contributed by atoms with Gasteiger partial charge in [-0.3, -0.25) is 0 Å². The van der Waals surface area contributed by atoms with Gasteiger partial charge >= 0.3 is 0 Å². The van der Waals surface area contributed by atoms with E-state index in [9.17, 15) is 4.39 Å². The number of rotatable bonds is 6. The maximum Gasteiger partial charge on any atom is 0.126 e. The molecule has 0 spiro atoms. The van der Waals surface area contributed by atoms with Crippen LogP contribution in [0.25, 0.3) is 0 Å². The molecule has 18 heavy (non-hydrogen) atoms. The molecule has 1 atom stereocenters. The van der Waals surface area contributed by atoms with Gasteiger partial charge in [-0.2, -0.15) is 0 Å². The quantitative estimate of drug-likeness (QED) is 0.843. The van der Waals surface area contributed by atoms with Crippen LogP contribution in [-0.4, -0.2) is 24.5 Å². The molecular formula is C15H25FN2. The molecule has 1 rings (SSSR count). The minimum Gasteiger partial charge on any atom is -0.327 e. The number of aryl methyl sites for hydroxylation is 1. The molecule has 0 aliphatic heterocycles. The Morgan fingerprint density at radius 1 is 1.33 bits per heavy atom. The van der Waals surface area contributed by atoms with Crippen molar-refractivity contribution in [1.29, 1.82) is 0 Å². The molecule has 2 nitrogen and oxygen atoms in total. The fraction of sp³-hybridized carbons (Fsp3) is 0.600. The third kappa shape index (κ3) is 4.75. The van der Waals surface area contributed by atoms with E-state index >= 15 is 0 Å². The smallest absolute Gasteiger partial charge is 0.126 e. The predicted molar refractivity (Wildman–Crippen MR) is 74.9 cm³/mol. The highest BCUT2D eigenvalue weighted by atomic mass is 19.1. The molecule has 0 amide bonds. The lowest BCUT2D eigenvalue weighted by Crippen LogP contribution is -2.31. The Hall–Kier alpha value is -0.930. The van der Waals surface area contributed by atoms with Gasteiger partial charge in [-0.1, -0.05) is 26.0 Å². The topological polar surface area (TPSA) is 29.3 Å². The number of nitrogens with zero attached hydrogens (tertiary/aromatic N) is 1. The SMILES string of the molecule is Cc1cc(CN(C)CCC(N)C(C)C)ccc1F. The molecule has 3 heteroatoms. The molecule has 1 unspecified atom stereocenters. The molecule has 0 bridgehead atoms. The van der Waals surface area contributed by atoms with E-state index in [1.165, 1.54) is 0 Å². The van der Waals surface area contributed by atoms with Crippen molar-refractivity contribution in [2.75, 3.05) is 13.6 Å². The van der Waals surface area contributed by atoms with Crippen molar-refractivity contribution < 1.29 is 4.39 Å². The zero-order chi connectivity index (χ0) is 13.7. The van der Waals surface area contributed by atoms with Crippen LogP contribution in [0.2, 0.25) is 0 Å². The van der Waals surface area contributed by atoms with Crippen LogP contribution in [0, 0.1) is 18.7 Å². The summed E-state index contributed by atoms with van der Waals surface area (Å²) in [5.41, 5.74) is 7.88. The minimum atomic E-state index is -0.136. The molecule has 102 valence electrons. The van der Waals surface area contributed by atoms with Gasteiger partial charge < -0.3 is 10.6 Å². The van der Waals surface area contributed by atoms with Gasteiger partial charge in [0.05, 0.1) is 0 Å². The second-order valence-electron chi connectivity index (χ2n) is 5.52. The van der Waals surface area contributed by atoms with E-state index in [2.05, 4.69) is 25.8 Å². The molecule has 1 aromatic rings.